The molecule has 2 aromatic rings. The van der Waals surface area contributed by atoms with Crippen LogP contribution >= 0.6 is 0 Å². The van der Waals surface area contributed by atoms with Crippen molar-refractivity contribution in [1.82, 2.24) is 0 Å². The molecule has 0 bridgehead atoms. The van der Waals surface area contributed by atoms with Crippen LogP contribution in [0.5, 0.6) is 0 Å². The second-order valence-electron chi connectivity index (χ2n) is 5.27. The predicted molar refractivity (Wildman–Crippen MR) is 89.5 cm³/mol. The Labute approximate surface area is 138 Å². The zero-order chi connectivity index (χ0) is 17.8. The summed E-state index contributed by atoms with van der Waals surface area (Å²) in [6, 6.07) is 10.3. The SMILES string of the molecule is Cc1cc(CF)c([SH2+])c(-c2ccc(C)c(C)c2)c1.F[B-](F)(F)F. The van der Waals surface area contributed by atoms with Gasteiger partial charge in [-0.2, -0.15) is 0 Å². The molecule has 0 spiro atoms. The zero-order valence-electron chi connectivity index (χ0n) is 13.1. The number of hydrogen-bond donors (Lipinski definition) is 0. The van der Waals surface area contributed by atoms with E-state index in [1.807, 2.05) is 13.0 Å². The van der Waals surface area contributed by atoms with E-state index in [0.717, 1.165) is 21.6 Å². The van der Waals surface area contributed by atoms with Gasteiger partial charge in [-0.1, -0.05) is 18.2 Å². The summed E-state index contributed by atoms with van der Waals surface area (Å²) >= 11 is 3.57. The van der Waals surface area contributed by atoms with Gasteiger partial charge in [-0.05, 0) is 67.8 Å². The van der Waals surface area contributed by atoms with Gasteiger partial charge in [0, 0.05) is 11.1 Å². The average Bonchev–Trinajstić information content (AvgIpc) is 2.42. The Morgan fingerprint density at radius 1 is 0.913 bits per heavy atom. The van der Waals surface area contributed by atoms with E-state index < -0.39 is 13.9 Å². The highest BCUT2D eigenvalue weighted by Gasteiger charge is 2.20. The van der Waals surface area contributed by atoms with Gasteiger partial charge in [0.1, 0.15) is 6.67 Å². The Balaban J connectivity index is 0.000000463. The molecule has 0 amide bonds. The van der Waals surface area contributed by atoms with Gasteiger partial charge in [0.05, 0.1) is 0 Å². The van der Waals surface area contributed by atoms with Gasteiger partial charge in [0.25, 0.3) is 0 Å². The van der Waals surface area contributed by atoms with E-state index in [1.54, 1.807) is 0 Å². The van der Waals surface area contributed by atoms with Crippen LogP contribution in [-0.4, -0.2) is 7.25 Å². The normalized spacial score (nSPS) is 11.0. The first kappa shape index (κ1) is 19.6. The number of halogens is 5. The lowest BCUT2D eigenvalue weighted by molar-refractivity contribution is 0.368. The molecule has 0 fully saturated rings. The monoisotopic (exact) mass is 348 g/mol. The molecule has 23 heavy (non-hydrogen) atoms. The summed E-state index contributed by atoms with van der Waals surface area (Å²) in [5, 5.41) is 0. The van der Waals surface area contributed by atoms with Crippen LogP contribution in [0.3, 0.4) is 0 Å². The summed E-state index contributed by atoms with van der Waals surface area (Å²) < 4.78 is 52.0. The van der Waals surface area contributed by atoms with Crippen LogP contribution in [0, 0.1) is 20.8 Å². The summed E-state index contributed by atoms with van der Waals surface area (Å²) in [7, 11) is -6.00. The van der Waals surface area contributed by atoms with Crippen molar-refractivity contribution in [2.75, 3.05) is 0 Å². The van der Waals surface area contributed by atoms with Crippen LogP contribution in [0.25, 0.3) is 11.1 Å². The molecule has 0 saturated heterocycles. The Hall–Kier alpha value is -1.50. The molecule has 0 aromatic heterocycles. The number of rotatable bonds is 2. The number of alkyl halides is 1. The van der Waals surface area contributed by atoms with E-state index >= 15 is 0 Å². The first-order chi connectivity index (χ1) is 10.5. The van der Waals surface area contributed by atoms with Crippen molar-refractivity contribution in [2.45, 2.75) is 32.3 Å². The minimum atomic E-state index is -6.00. The molecule has 7 heteroatoms. The maximum Gasteiger partial charge on any atom is 0.673 e. The molecule has 0 aliphatic heterocycles. The molecular weight excluding hydrogens is 330 g/mol. The van der Waals surface area contributed by atoms with E-state index in [-0.39, 0.29) is 0 Å². The van der Waals surface area contributed by atoms with Gasteiger partial charge in [-0.3, -0.25) is 0 Å². The molecule has 0 aliphatic carbocycles. The van der Waals surface area contributed by atoms with Gasteiger partial charge < -0.3 is 17.3 Å². The summed E-state index contributed by atoms with van der Waals surface area (Å²) in [6.07, 6.45) is 0. The third kappa shape index (κ3) is 6.25. The third-order valence-corrected chi connectivity index (χ3v) is 3.92. The summed E-state index contributed by atoms with van der Waals surface area (Å²) in [5.41, 5.74) is 6.50. The van der Waals surface area contributed by atoms with Crippen LogP contribution in [0.4, 0.5) is 21.7 Å². The molecule has 126 valence electrons. The lowest BCUT2D eigenvalue weighted by Crippen LogP contribution is -2.02. The van der Waals surface area contributed by atoms with Crippen LogP contribution in [0.15, 0.2) is 35.2 Å². The second-order valence-corrected chi connectivity index (χ2v) is 5.77. The number of benzene rings is 2. The maximum absolute atomic E-state index is 13.0. The quantitative estimate of drug-likeness (QED) is 0.386. The Kier molecular flexibility index (Phi) is 6.68. The largest absolute Gasteiger partial charge is 0.673 e. The van der Waals surface area contributed by atoms with Gasteiger partial charge in [-0.25, -0.2) is 4.39 Å². The molecule has 0 saturated carbocycles. The Morgan fingerprint density at radius 2 is 1.48 bits per heavy atom. The molecule has 2 aromatic carbocycles. The van der Waals surface area contributed by atoms with E-state index in [2.05, 4.69) is 50.7 Å². The molecule has 0 N–H and O–H groups in total. The number of aryl methyl sites for hydroxylation is 3. The fourth-order valence-corrected chi connectivity index (χ4v) is 2.46. The first-order valence-electron chi connectivity index (χ1n) is 6.89. The van der Waals surface area contributed by atoms with Crippen molar-refractivity contribution in [3.05, 3.63) is 52.6 Å². The highest BCUT2D eigenvalue weighted by Crippen LogP contribution is 2.29. The number of hydrogen-bond acceptors (Lipinski definition) is 0. The highest BCUT2D eigenvalue weighted by molar-refractivity contribution is 7.59. The van der Waals surface area contributed by atoms with Crippen LogP contribution in [0.2, 0.25) is 0 Å². The summed E-state index contributed by atoms with van der Waals surface area (Å²) in [4.78, 5) is 0.853. The molecule has 0 unspecified atom stereocenters. The molecular formula is C16H18BF5S. The van der Waals surface area contributed by atoms with Crippen molar-refractivity contribution < 1.29 is 21.7 Å². The second kappa shape index (κ2) is 7.86. The third-order valence-electron chi connectivity index (χ3n) is 3.33. The molecule has 0 heterocycles. The summed E-state index contributed by atoms with van der Waals surface area (Å²) in [6.45, 7) is 5.74. The van der Waals surface area contributed by atoms with Gasteiger partial charge in [0.15, 0.2) is 4.90 Å². The standard InChI is InChI=1S/C16H17FS.BF4/c1-10-6-14(9-17)16(18)15(7-10)13-5-4-11(2)12(3)8-13;2-1(3,4)5/h4-8,18H,9H2,1-3H3;/q;-1/p+1. The van der Waals surface area contributed by atoms with Crippen molar-refractivity contribution >= 4 is 19.9 Å². The lowest BCUT2D eigenvalue weighted by atomic mass is 9.97. The molecule has 0 aliphatic rings. The molecule has 0 atom stereocenters. The van der Waals surface area contributed by atoms with Gasteiger partial charge in [0.2, 0.25) is 0 Å². The molecule has 0 nitrogen and oxygen atoms in total. The Morgan fingerprint density at radius 3 is 1.96 bits per heavy atom. The fraction of sp³-hybridized carbons (Fsp3) is 0.250. The fourth-order valence-electron chi connectivity index (χ4n) is 2.10. The predicted octanol–water partition coefficient (Wildman–Crippen LogP) is 5.42. The van der Waals surface area contributed by atoms with Crippen LogP contribution < -0.4 is 0 Å². The first-order valence-corrected chi connectivity index (χ1v) is 7.39. The zero-order valence-corrected chi connectivity index (χ0v) is 14.1. The van der Waals surface area contributed by atoms with E-state index in [0.29, 0.717) is 5.56 Å². The van der Waals surface area contributed by atoms with E-state index in [9.17, 15) is 21.7 Å². The van der Waals surface area contributed by atoms with Crippen LogP contribution in [0.1, 0.15) is 22.3 Å². The van der Waals surface area contributed by atoms with Gasteiger partial charge in [-0.15, -0.1) is 0 Å². The molecule has 2 rings (SSSR count). The average molecular weight is 348 g/mol. The Bertz CT molecular complexity index is 677. The summed E-state index contributed by atoms with van der Waals surface area (Å²) in [5.74, 6) is 0. The minimum absolute atomic E-state index is 0.446. The van der Waals surface area contributed by atoms with Crippen molar-refractivity contribution in [2.24, 2.45) is 0 Å². The molecule has 0 radical (unpaired) electrons. The van der Waals surface area contributed by atoms with E-state index in [1.165, 1.54) is 11.1 Å². The van der Waals surface area contributed by atoms with Crippen molar-refractivity contribution in [1.29, 1.82) is 0 Å². The van der Waals surface area contributed by atoms with Gasteiger partial charge >= 0.3 is 7.25 Å². The van der Waals surface area contributed by atoms with E-state index in [4.69, 9.17) is 0 Å². The van der Waals surface area contributed by atoms with Crippen LogP contribution in [-0.2, 0) is 19.3 Å². The lowest BCUT2D eigenvalue weighted by Gasteiger charge is -2.09. The van der Waals surface area contributed by atoms with Crippen molar-refractivity contribution in [3.63, 3.8) is 0 Å². The maximum atomic E-state index is 13.0. The smallest absolute Gasteiger partial charge is 0.418 e. The van der Waals surface area contributed by atoms with Crippen molar-refractivity contribution in [3.8, 4) is 11.1 Å². The highest BCUT2D eigenvalue weighted by atomic mass is 32.1. The minimum Gasteiger partial charge on any atom is -0.418 e. The topological polar surface area (TPSA) is 0 Å².